The van der Waals surface area contributed by atoms with E-state index in [9.17, 15) is 5.11 Å². The van der Waals surface area contributed by atoms with Crippen LogP contribution in [0.25, 0.3) is 0 Å². The molecule has 17 heavy (non-hydrogen) atoms. The van der Waals surface area contributed by atoms with Gasteiger partial charge in [-0.1, -0.05) is 0 Å². The lowest BCUT2D eigenvalue weighted by Crippen LogP contribution is -2.39. The number of hydrogen-bond donors (Lipinski definition) is 1. The third kappa shape index (κ3) is 3.15. The van der Waals surface area contributed by atoms with E-state index < -0.39 is 11.9 Å². The minimum absolute atomic E-state index is 0.547. The van der Waals surface area contributed by atoms with Crippen molar-refractivity contribution in [1.82, 2.24) is 4.98 Å². The molecule has 96 valence electrons. The Morgan fingerprint density at radius 3 is 2.53 bits per heavy atom. The van der Waals surface area contributed by atoms with Crippen LogP contribution in [0.4, 0.5) is 0 Å². The predicted octanol–water partition coefficient (Wildman–Crippen LogP) is 1.31. The van der Waals surface area contributed by atoms with Gasteiger partial charge >= 0.3 is 0 Å². The summed E-state index contributed by atoms with van der Waals surface area (Å²) in [5.74, 6) is 0.608. The number of ether oxygens (including phenoxy) is 3. The van der Waals surface area contributed by atoms with Crippen molar-refractivity contribution in [2.24, 2.45) is 0 Å². The van der Waals surface area contributed by atoms with Crippen LogP contribution in [0.3, 0.4) is 0 Å². The minimum atomic E-state index is -1.29. The van der Waals surface area contributed by atoms with Gasteiger partial charge < -0.3 is 19.3 Å². The minimum Gasteiger partial charge on any atom is -0.492 e. The van der Waals surface area contributed by atoms with Gasteiger partial charge in [0.25, 0.3) is 0 Å². The second-order valence-corrected chi connectivity index (χ2v) is 3.79. The quantitative estimate of drug-likeness (QED) is 0.761. The van der Waals surface area contributed by atoms with Crippen LogP contribution in [0, 0.1) is 0 Å². The Bertz CT molecular complexity index is 350. The van der Waals surface area contributed by atoms with Gasteiger partial charge in [0.15, 0.2) is 6.29 Å². The van der Waals surface area contributed by atoms with Gasteiger partial charge in [-0.2, -0.15) is 0 Å². The van der Waals surface area contributed by atoms with Crippen LogP contribution >= 0.6 is 0 Å². The summed E-state index contributed by atoms with van der Waals surface area (Å²) >= 11 is 0. The fourth-order valence-electron chi connectivity index (χ4n) is 1.63. The summed E-state index contributed by atoms with van der Waals surface area (Å²) in [5, 5.41) is 10.4. The van der Waals surface area contributed by atoms with Gasteiger partial charge in [0.2, 0.25) is 0 Å². The van der Waals surface area contributed by atoms with Gasteiger partial charge in [-0.15, -0.1) is 0 Å². The summed E-state index contributed by atoms with van der Waals surface area (Å²) in [7, 11) is 2.95. The number of aromatic nitrogens is 1. The highest BCUT2D eigenvalue weighted by molar-refractivity contribution is 5.28. The maximum Gasteiger partial charge on any atom is 0.189 e. The van der Waals surface area contributed by atoms with Gasteiger partial charge in [0, 0.05) is 26.0 Å². The molecular formula is C12H19NO4. The highest BCUT2D eigenvalue weighted by Crippen LogP contribution is 2.28. The average molecular weight is 241 g/mol. The smallest absolute Gasteiger partial charge is 0.189 e. The second kappa shape index (κ2) is 5.95. The van der Waals surface area contributed by atoms with E-state index in [0.717, 1.165) is 0 Å². The fourth-order valence-corrected chi connectivity index (χ4v) is 1.63. The molecule has 5 nitrogen and oxygen atoms in total. The second-order valence-electron chi connectivity index (χ2n) is 3.79. The van der Waals surface area contributed by atoms with Crippen LogP contribution < -0.4 is 4.74 Å². The van der Waals surface area contributed by atoms with Crippen molar-refractivity contribution >= 4 is 0 Å². The average Bonchev–Trinajstić information content (AvgIpc) is 2.31. The summed E-state index contributed by atoms with van der Waals surface area (Å²) in [5.41, 5.74) is -0.707. The Morgan fingerprint density at radius 2 is 2.00 bits per heavy atom. The first-order valence-corrected chi connectivity index (χ1v) is 5.42. The molecule has 0 amide bonds. The molecule has 1 rings (SSSR count). The van der Waals surface area contributed by atoms with Crippen molar-refractivity contribution in [1.29, 1.82) is 0 Å². The highest BCUT2D eigenvalue weighted by Gasteiger charge is 2.35. The van der Waals surface area contributed by atoms with Crippen molar-refractivity contribution in [2.75, 3.05) is 20.8 Å². The fraction of sp³-hybridized carbons (Fsp3) is 0.583. The van der Waals surface area contributed by atoms with Crippen LogP contribution in [-0.4, -0.2) is 37.2 Å². The zero-order chi connectivity index (χ0) is 12.9. The first kappa shape index (κ1) is 13.9. The number of hydrogen-bond acceptors (Lipinski definition) is 5. The molecule has 0 spiro atoms. The Labute approximate surface area is 101 Å². The Kier molecular flexibility index (Phi) is 4.86. The van der Waals surface area contributed by atoms with E-state index in [1.54, 1.807) is 25.4 Å². The normalized spacial score (nSPS) is 14.7. The molecule has 1 aromatic rings. The van der Waals surface area contributed by atoms with Gasteiger partial charge in [0.05, 0.1) is 12.8 Å². The maximum absolute atomic E-state index is 10.4. The van der Waals surface area contributed by atoms with Crippen molar-refractivity contribution in [3.8, 4) is 5.75 Å². The van der Waals surface area contributed by atoms with Crippen molar-refractivity contribution in [3.05, 3.63) is 24.0 Å². The van der Waals surface area contributed by atoms with Crippen LogP contribution in [0.2, 0.25) is 0 Å². The van der Waals surface area contributed by atoms with E-state index in [2.05, 4.69) is 4.98 Å². The summed E-state index contributed by atoms with van der Waals surface area (Å²) in [4.78, 5) is 4.02. The molecule has 0 aliphatic carbocycles. The Balaban J connectivity index is 3.00. The molecule has 0 aliphatic heterocycles. The SMILES string of the molecule is CCOc1cncc(C(C)(O)C(OC)OC)c1. The highest BCUT2D eigenvalue weighted by atomic mass is 16.7. The lowest BCUT2D eigenvalue weighted by molar-refractivity contribution is -0.213. The van der Waals surface area contributed by atoms with E-state index in [4.69, 9.17) is 14.2 Å². The zero-order valence-electron chi connectivity index (χ0n) is 10.6. The van der Waals surface area contributed by atoms with Gasteiger partial charge in [0.1, 0.15) is 11.4 Å². The third-order valence-electron chi connectivity index (χ3n) is 2.50. The first-order valence-electron chi connectivity index (χ1n) is 5.42. The molecule has 5 heteroatoms. The molecule has 0 fully saturated rings. The van der Waals surface area contributed by atoms with Crippen molar-refractivity contribution in [2.45, 2.75) is 25.7 Å². The van der Waals surface area contributed by atoms with Gasteiger partial charge in [-0.25, -0.2) is 0 Å². The van der Waals surface area contributed by atoms with Gasteiger partial charge in [-0.05, 0) is 19.9 Å². The molecular weight excluding hydrogens is 222 g/mol. The van der Waals surface area contributed by atoms with Crippen LogP contribution in [0.5, 0.6) is 5.75 Å². The molecule has 1 aromatic heterocycles. The summed E-state index contributed by atoms with van der Waals surface area (Å²) in [6.45, 7) is 4.04. The number of aliphatic hydroxyl groups is 1. The molecule has 0 aromatic carbocycles. The van der Waals surface area contributed by atoms with E-state index in [1.807, 2.05) is 6.92 Å². The molecule has 0 saturated carbocycles. The van der Waals surface area contributed by atoms with E-state index >= 15 is 0 Å². The number of nitrogens with zero attached hydrogens (tertiary/aromatic N) is 1. The topological polar surface area (TPSA) is 60.8 Å². The van der Waals surface area contributed by atoms with E-state index in [1.165, 1.54) is 14.2 Å². The van der Waals surface area contributed by atoms with Gasteiger partial charge in [-0.3, -0.25) is 4.98 Å². The van der Waals surface area contributed by atoms with Crippen molar-refractivity contribution < 1.29 is 19.3 Å². The number of methoxy groups -OCH3 is 2. The van der Waals surface area contributed by atoms with Crippen LogP contribution in [0.1, 0.15) is 19.4 Å². The molecule has 1 heterocycles. The summed E-state index contributed by atoms with van der Waals surface area (Å²) in [6, 6.07) is 1.72. The van der Waals surface area contributed by atoms with E-state index in [-0.39, 0.29) is 0 Å². The molecule has 0 saturated heterocycles. The molecule has 0 radical (unpaired) electrons. The summed E-state index contributed by atoms with van der Waals surface area (Å²) in [6.07, 6.45) is 2.40. The maximum atomic E-state index is 10.4. The number of pyridine rings is 1. The standard InChI is InChI=1S/C12H19NO4/c1-5-17-10-6-9(7-13-8-10)12(2,14)11(15-3)16-4/h6-8,11,14H,5H2,1-4H3. The van der Waals surface area contributed by atoms with Crippen molar-refractivity contribution in [3.63, 3.8) is 0 Å². The Hall–Kier alpha value is -1.17. The molecule has 0 aliphatic rings. The first-order chi connectivity index (χ1) is 8.06. The van der Waals surface area contributed by atoms with Crippen LogP contribution in [-0.2, 0) is 15.1 Å². The predicted molar refractivity (Wildman–Crippen MR) is 62.8 cm³/mol. The molecule has 1 atom stereocenters. The third-order valence-corrected chi connectivity index (χ3v) is 2.50. The molecule has 1 unspecified atom stereocenters. The monoisotopic (exact) mass is 241 g/mol. The largest absolute Gasteiger partial charge is 0.492 e. The number of rotatable bonds is 6. The Morgan fingerprint density at radius 1 is 1.35 bits per heavy atom. The molecule has 1 N–H and O–H groups in total. The lowest BCUT2D eigenvalue weighted by Gasteiger charge is -2.30. The lowest BCUT2D eigenvalue weighted by atomic mass is 9.97. The summed E-state index contributed by atoms with van der Waals surface area (Å²) < 4.78 is 15.5. The van der Waals surface area contributed by atoms with Crippen LogP contribution in [0.15, 0.2) is 18.5 Å². The molecule has 0 bridgehead atoms. The van der Waals surface area contributed by atoms with E-state index in [0.29, 0.717) is 17.9 Å². The zero-order valence-corrected chi connectivity index (χ0v) is 10.6.